The standard InChI is InChI=1S/C7H4ClNS2/c8-6-4-9-7(11-6)5-2-1-3-10-5/h1-4H. The van der Waals surface area contributed by atoms with E-state index in [9.17, 15) is 0 Å². The molecule has 0 aliphatic rings. The number of hydrogen-bond acceptors (Lipinski definition) is 3. The molecule has 0 N–H and O–H groups in total. The van der Waals surface area contributed by atoms with Crippen LogP contribution in [0.25, 0.3) is 9.88 Å². The first-order chi connectivity index (χ1) is 5.36. The summed E-state index contributed by atoms with van der Waals surface area (Å²) >= 11 is 8.93. The summed E-state index contributed by atoms with van der Waals surface area (Å²) in [5, 5.41) is 3.04. The molecule has 11 heavy (non-hydrogen) atoms. The maximum Gasteiger partial charge on any atom is 0.134 e. The number of halogens is 1. The van der Waals surface area contributed by atoms with Crippen molar-refractivity contribution in [2.75, 3.05) is 0 Å². The predicted molar refractivity (Wildman–Crippen MR) is 50.4 cm³/mol. The molecular formula is C7H4ClNS2. The van der Waals surface area contributed by atoms with Crippen molar-refractivity contribution in [1.29, 1.82) is 0 Å². The molecule has 2 heterocycles. The average Bonchev–Trinajstić information content (AvgIpc) is 2.55. The number of rotatable bonds is 1. The van der Waals surface area contributed by atoms with Gasteiger partial charge in [-0.1, -0.05) is 17.7 Å². The normalized spacial score (nSPS) is 10.3. The van der Waals surface area contributed by atoms with Crippen LogP contribution in [0.2, 0.25) is 4.34 Å². The highest BCUT2D eigenvalue weighted by Gasteiger charge is 2.02. The first kappa shape index (κ1) is 7.28. The summed E-state index contributed by atoms with van der Waals surface area (Å²) in [6.07, 6.45) is 1.68. The Kier molecular flexibility index (Phi) is 1.94. The van der Waals surface area contributed by atoms with Crippen molar-refractivity contribution in [2.45, 2.75) is 0 Å². The Balaban J connectivity index is 2.45. The van der Waals surface area contributed by atoms with E-state index in [1.165, 1.54) is 16.2 Å². The predicted octanol–water partition coefficient (Wildman–Crippen LogP) is 3.53. The summed E-state index contributed by atoms with van der Waals surface area (Å²) in [6.45, 7) is 0. The smallest absolute Gasteiger partial charge is 0.134 e. The van der Waals surface area contributed by atoms with Crippen LogP contribution in [0, 0.1) is 0 Å². The minimum absolute atomic E-state index is 0.744. The minimum atomic E-state index is 0.744. The van der Waals surface area contributed by atoms with Gasteiger partial charge in [0.1, 0.15) is 9.34 Å². The molecule has 0 bridgehead atoms. The van der Waals surface area contributed by atoms with Gasteiger partial charge in [-0.25, -0.2) is 4.98 Å². The van der Waals surface area contributed by atoms with Crippen molar-refractivity contribution in [1.82, 2.24) is 4.98 Å². The zero-order valence-corrected chi connectivity index (χ0v) is 7.84. The lowest BCUT2D eigenvalue weighted by molar-refractivity contribution is 1.43. The zero-order valence-electron chi connectivity index (χ0n) is 5.45. The number of thiazole rings is 1. The Morgan fingerprint density at radius 2 is 2.36 bits per heavy atom. The van der Waals surface area contributed by atoms with Gasteiger partial charge in [-0.2, -0.15) is 0 Å². The second-order valence-electron chi connectivity index (χ2n) is 1.95. The van der Waals surface area contributed by atoms with Crippen molar-refractivity contribution in [3.05, 3.63) is 28.0 Å². The third-order valence-electron chi connectivity index (χ3n) is 1.21. The minimum Gasteiger partial charge on any atom is -0.242 e. The van der Waals surface area contributed by atoms with Crippen molar-refractivity contribution in [3.63, 3.8) is 0 Å². The fourth-order valence-corrected chi connectivity index (χ4v) is 2.48. The monoisotopic (exact) mass is 201 g/mol. The Labute approximate surface area is 77.3 Å². The third-order valence-corrected chi connectivity index (χ3v) is 3.36. The SMILES string of the molecule is Clc1cnc(-c2cccs2)s1. The summed E-state index contributed by atoms with van der Waals surface area (Å²) < 4.78 is 0.744. The lowest BCUT2D eigenvalue weighted by Crippen LogP contribution is -1.63. The number of aromatic nitrogens is 1. The molecule has 0 aromatic carbocycles. The molecule has 4 heteroatoms. The fraction of sp³-hybridized carbons (Fsp3) is 0. The van der Waals surface area contributed by atoms with E-state index in [0.717, 1.165) is 9.34 Å². The van der Waals surface area contributed by atoms with Crippen LogP contribution in [0.3, 0.4) is 0 Å². The van der Waals surface area contributed by atoms with Gasteiger partial charge < -0.3 is 0 Å². The molecule has 0 fully saturated rings. The lowest BCUT2D eigenvalue weighted by Gasteiger charge is -1.83. The van der Waals surface area contributed by atoms with Crippen LogP contribution >= 0.6 is 34.3 Å². The summed E-state index contributed by atoms with van der Waals surface area (Å²) in [4.78, 5) is 5.34. The van der Waals surface area contributed by atoms with Gasteiger partial charge in [0.2, 0.25) is 0 Å². The molecule has 56 valence electrons. The van der Waals surface area contributed by atoms with Gasteiger partial charge in [-0.15, -0.1) is 22.7 Å². The Morgan fingerprint density at radius 3 is 2.91 bits per heavy atom. The van der Waals surface area contributed by atoms with Crippen LogP contribution in [0.4, 0.5) is 0 Å². The van der Waals surface area contributed by atoms with Gasteiger partial charge in [0.15, 0.2) is 0 Å². The van der Waals surface area contributed by atoms with E-state index in [4.69, 9.17) is 11.6 Å². The topological polar surface area (TPSA) is 12.9 Å². The second-order valence-corrected chi connectivity index (χ2v) is 4.56. The molecule has 0 spiro atoms. The molecular weight excluding hydrogens is 198 g/mol. The van der Waals surface area contributed by atoms with Crippen LogP contribution in [0.15, 0.2) is 23.7 Å². The summed E-state index contributed by atoms with van der Waals surface area (Å²) in [5.74, 6) is 0. The highest BCUT2D eigenvalue weighted by atomic mass is 35.5. The Morgan fingerprint density at radius 1 is 1.45 bits per heavy atom. The maximum absolute atomic E-state index is 5.74. The Hall–Kier alpha value is -0.380. The summed E-state index contributed by atoms with van der Waals surface area (Å²) in [5.41, 5.74) is 0. The third kappa shape index (κ3) is 1.45. The molecule has 2 aromatic rings. The highest BCUT2D eigenvalue weighted by Crippen LogP contribution is 2.30. The molecule has 0 saturated heterocycles. The van der Waals surface area contributed by atoms with Gasteiger partial charge in [0.05, 0.1) is 11.1 Å². The van der Waals surface area contributed by atoms with Crippen molar-refractivity contribution >= 4 is 34.3 Å². The Bertz CT molecular complexity index is 339. The first-order valence-corrected chi connectivity index (χ1v) is 5.09. The van der Waals surface area contributed by atoms with E-state index in [0.29, 0.717) is 0 Å². The highest BCUT2D eigenvalue weighted by molar-refractivity contribution is 7.23. The van der Waals surface area contributed by atoms with Crippen LogP contribution in [-0.2, 0) is 0 Å². The van der Waals surface area contributed by atoms with E-state index in [1.54, 1.807) is 17.5 Å². The van der Waals surface area contributed by atoms with Gasteiger partial charge in [0.25, 0.3) is 0 Å². The van der Waals surface area contributed by atoms with Crippen molar-refractivity contribution in [3.8, 4) is 9.88 Å². The number of nitrogens with zero attached hydrogens (tertiary/aromatic N) is 1. The molecule has 1 nitrogen and oxygen atoms in total. The second kappa shape index (κ2) is 2.93. The van der Waals surface area contributed by atoms with Crippen LogP contribution in [0.5, 0.6) is 0 Å². The quantitative estimate of drug-likeness (QED) is 0.688. The van der Waals surface area contributed by atoms with E-state index < -0.39 is 0 Å². The van der Waals surface area contributed by atoms with E-state index in [2.05, 4.69) is 4.98 Å². The van der Waals surface area contributed by atoms with Crippen LogP contribution in [0.1, 0.15) is 0 Å². The van der Waals surface area contributed by atoms with E-state index in [-0.39, 0.29) is 0 Å². The van der Waals surface area contributed by atoms with E-state index in [1.807, 2.05) is 17.5 Å². The summed E-state index contributed by atoms with van der Waals surface area (Å²) in [7, 11) is 0. The van der Waals surface area contributed by atoms with Gasteiger partial charge in [-0.3, -0.25) is 0 Å². The maximum atomic E-state index is 5.74. The largest absolute Gasteiger partial charge is 0.242 e. The van der Waals surface area contributed by atoms with Crippen LogP contribution in [-0.4, -0.2) is 4.98 Å². The lowest BCUT2D eigenvalue weighted by atomic mass is 10.5. The van der Waals surface area contributed by atoms with Crippen molar-refractivity contribution in [2.24, 2.45) is 0 Å². The summed E-state index contributed by atoms with van der Waals surface area (Å²) in [6, 6.07) is 4.05. The molecule has 2 aromatic heterocycles. The number of thiophene rings is 1. The van der Waals surface area contributed by atoms with Gasteiger partial charge in [-0.05, 0) is 11.4 Å². The molecule has 0 amide bonds. The van der Waals surface area contributed by atoms with Gasteiger partial charge in [0, 0.05) is 0 Å². The molecule has 0 unspecified atom stereocenters. The number of hydrogen-bond donors (Lipinski definition) is 0. The van der Waals surface area contributed by atoms with E-state index >= 15 is 0 Å². The van der Waals surface area contributed by atoms with Crippen LogP contribution < -0.4 is 0 Å². The molecule has 0 radical (unpaired) electrons. The zero-order chi connectivity index (χ0) is 7.68. The van der Waals surface area contributed by atoms with Gasteiger partial charge >= 0.3 is 0 Å². The average molecular weight is 202 g/mol. The molecule has 2 rings (SSSR count). The molecule has 0 atom stereocenters. The molecule has 0 aliphatic carbocycles. The molecule has 0 aliphatic heterocycles. The fourth-order valence-electron chi connectivity index (χ4n) is 0.769. The molecule has 0 saturated carbocycles. The van der Waals surface area contributed by atoms with Crippen molar-refractivity contribution < 1.29 is 0 Å². The first-order valence-electron chi connectivity index (χ1n) is 3.01.